The summed E-state index contributed by atoms with van der Waals surface area (Å²) in [5.41, 5.74) is 0. The number of rotatable bonds is 8. The smallest absolute Gasteiger partial charge is 0.187 e. The molecule has 0 radical (unpaired) electrons. The van der Waals surface area contributed by atoms with Crippen molar-refractivity contribution in [2.24, 2.45) is 0 Å². The monoisotopic (exact) mass is 241 g/mol. The molecule has 1 rings (SSSR count). The van der Waals surface area contributed by atoms with E-state index in [2.05, 4.69) is 22.2 Å². The van der Waals surface area contributed by atoms with Gasteiger partial charge in [0, 0.05) is 24.2 Å². The topological polar surface area (TPSA) is 58.0 Å². The van der Waals surface area contributed by atoms with Crippen molar-refractivity contribution < 1.29 is 5.11 Å². The molecule has 1 aromatic heterocycles. The van der Waals surface area contributed by atoms with Gasteiger partial charge in [-0.15, -0.1) is 0 Å². The van der Waals surface area contributed by atoms with Crippen LogP contribution in [-0.2, 0) is 0 Å². The largest absolute Gasteiger partial charge is 0.395 e. The molecular weight excluding hydrogens is 222 g/mol. The standard InChI is InChI=1S/C11H19N3OS/c1-2-5-12-10(9-15)4-8-16-11-13-6-3-7-14-11/h3,6-7,10,12,15H,2,4-5,8-9H2,1H3. The molecule has 0 aliphatic rings. The predicted molar refractivity (Wildman–Crippen MR) is 66.5 cm³/mol. The first-order chi connectivity index (χ1) is 7.86. The maximum Gasteiger partial charge on any atom is 0.187 e. The Morgan fingerprint density at radius 3 is 2.81 bits per heavy atom. The van der Waals surface area contributed by atoms with Crippen LogP contribution in [0.4, 0.5) is 0 Å². The molecular formula is C11H19N3OS. The molecule has 0 aromatic carbocycles. The van der Waals surface area contributed by atoms with E-state index in [1.807, 2.05) is 6.07 Å². The molecule has 0 aliphatic carbocycles. The Bertz CT molecular complexity index is 271. The third-order valence-electron chi connectivity index (χ3n) is 2.14. The van der Waals surface area contributed by atoms with Crippen LogP contribution in [0.25, 0.3) is 0 Å². The Hall–Kier alpha value is -0.650. The minimum absolute atomic E-state index is 0.191. The van der Waals surface area contributed by atoms with Gasteiger partial charge in [-0.1, -0.05) is 18.7 Å². The van der Waals surface area contributed by atoms with E-state index in [-0.39, 0.29) is 12.6 Å². The van der Waals surface area contributed by atoms with Crippen molar-refractivity contribution in [3.05, 3.63) is 18.5 Å². The summed E-state index contributed by atoms with van der Waals surface area (Å²) in [6.07, 6.45) is 5.51. The number of aliphatic hydroxyl groups is 1. The number of hydrogen-bond donors (Lipinski definition) is 2. The average Bonchev–Trinajstić information content (AvgIpc) is 2.35. The quantitative estimate of drug-likeness (QED) is 0.531. The van der Waals surface area contributed by atoms with Gasteiger partial charge >= 0.3 is 0 Å². The van der Waals surface area contributed by atoms with Crippen LogP contribution in [0, 0.1) is 0 Å². The van der Waals surface area contributed by atoms with Crippen molar-refractivity contribution in [1.82, 2.24) is 15.3 Å². The van der Waals surface area contributed by atoms with E-state index in [9.17, 15) is 0 Å². The van der Waals surface area contributed by atoms with Crippen LogP contribution in [0.1, 0.15) is 19.8 Å². The molecule has 1 aromatic rings. The second-order valence-corrected chi connectivity index (χ2v) is 4.56. The van der Waals surface area contributed by atoms with Gasteiger partial charge in [0.15, 0.2) is 5.16 Å². The van der Waals surface area contributed by atoms with Crippen molar-refractivity contribution in [1.29, 1.82) is 0 Å². The van der Waals surface area contributed by atoms with Crippen molar-refractivity contribution >= 4 is 11.8 Å². The fourth-order valence-corrected chi connectivity index (χ4v) is 2.11. The number of aromatic nitrogens is 2. The summed E-state index contributed by atoms with van der Waals surface area (Å²) in [6.45, 7) is 3.27. The van der Waals surface area contributed by atoms with Gasteiger partial charge in [0.2, 0.25) is 0 Å². The first kappa shape index (κ1) is 13.4. The summed E-state index contributed by atoms with van der Waals surface area (Å²) in [7, 11) is 0. The molecule has 1 unspecified atom stereocenters. The summed E-state index contributed by atoms with van der Waals surface area (Å²) >= 11 is 1.62. The molecule has 0 fully saturated rings. The molecule has 4 nitrogen and oxygen atoms in total. The van der Waals surface area contributed by atoms with Gasteiger partial charge in [0.05, 0.1) is 6.61 Å². The summed E-state index contributed by atoms with van der Waals surface area (Å²) in [4.78, 5) is 8.27. The Morgan fingerprint density at radius 1 is 1.44 bits per heavy atom. The molecule has 0 spiro atoms. The van der Waals surface area contributed by atoms with E-state index in [1.54, 1.807) is 24.2 Å². The minimum Gasteiger partial charge on any atom is -0.395 e. The number of thioether (sulfide) groups is 1. The number of aliphatic hydroxyl groups excluding tert-OH is 1. The summed E-state index contributed by atoms with van der Waals surface area (Å²) in [6, 6.07) is 2.00. The SMILES string of the molecule is CCCNC(CO)CCSc1ncccn1. The summed E-state index contributed by atoms with van der Waals surface area (Å²) in [5.74, 6) is 0.923. The highest BCUT2D eigenvalue weighted by molar-refractivity contribution is 7.99. The van der Waals surface area contributed by atoms with Crippen LogP contribution in [-0.4, -0.2) is 40.0 Å². The highest BCUT2D eigenvalue weighted by atomic mass is 32.2. The molecule has 5 heteroatoms. The Balaban J connectivity index is 2.18. The van der Waals surface area contributed by atoms with Crippen molar-refractivity contribution in [3.63, 3.8) is 0 Å². The van der Waals surface area contributed by atoms with Crippen LogP contribution in [0.5, 0.6) is 0 Å². The zero-order valence-corrected chi connectivity index (χ0v) is 10.4. The number of nitrogens with zero attached hydrogens (tertiary/aromatic N) is 2. The van der Waals surface area contributed by atoms with Gasteiger partial charge in [0.25, 0.3) is 0 Å². The Kier molecular flexibility index (Phi) is 7.12. The van der Waals surface area contributed by atoms with E-state index in [1.165, 1.54) is 0 Å². The highest BCUT2D eigenvalue weighted by Gasteiger charge is 2.06. The van der Waals surface area contributed by atoms with Crippen LogP contribution >= 0.6 is 11.8 Å². The van der Waals surface area contributed by atoms with Crippen LogP contribution in [0.3, 0.4) is 0 Å². The van der Waals surface area contributed by atoms with Crippen molar-refractivity contribution in [3.8, 4) is 0 Å². The zero-order valence-electron chi connectivity index (χ0n) is 9.59. The molecule has 1 atom stereocenters. The molecule has 1 heterocycles. The van der Waals surface area contributed by atoms with E-state index >= 15 is 0 Å². The van der Waals surface area contributed by atoms with E-state index in [0.717, 1.165) is 30.3 Å². The molecule has 0 amide bonds. The lowest BCUT2D eigenvalue weighted by Gasteiger charge is -2.14. The second-order valence-electron chi connectivity index (χ2n) is 3.50. The van der Waals surface area contributed by atoms with E-state index in [0.29, 0.717) is 0 Å². The third-order valence-corrected chi connectivity index (χ3v) is 3.05. The van der Waals surface area contributed by atoms with Crippen LogP contribution in [0.2, 0.25) is 0 Å². The lowest BCUT2D eigenvalue weighted by molar-refractivity contribution is 0.240. The number of nitrogens with one attached hydrogen (secondary N) is 1. The van der Waals surface area contributed by atoms with Gasteiger partial charge in [0.1, 0.15) is 0 Å². The predicted octanol–water partition coefficient (Wildman–Crippen LogP) is 1.32. The van der Waals surface area contributed by atoms with Crippen molar-refractivity contribution in [2.45, 2.75) is 31.0 Å². The first-order valence-electron chi connectivity index (χ1n) is 5.61. The fraction of sp³-hybridized carbons (Fsp3) is 0.636. The third kappa shape index (κ3) is 5.44. The maximum atomic E-state index is 9.15. The second kappa shape index (κ2) is 8.50. The highest BCUT2D eigenvalue weighted by Crippen LogP contribution is 2.13. The van der Waals surface area contributed by atoms with E-state index < -0.39 is 0 Å². The van der Waals surface area contributed by atoms with Gasteiger partial charge in [-0.05, 0) is 25.5 Å². The molecule has 0 saturated carbocycles. The van der Waals surface area contributed by atoms with Crippen LogP contribution < -0.4 is 5.32 Å². The van der Waals surface area contributed by atoms with E-state index in [4.69, 9.17) is 5.11 Å². The van der Waals surface area contributed by atoms with Crippen LogP contribution in [0.15, 0.2) is 23.6 Å². The lowest BCUT2D eigenvalue weighted by Crippen LogP contribution is -2.33. The average molecular weight is 241 g/mol. The first-order valence-corrected chi connectivity index (χ1v) is 6.59. The minimum atomic E-state index is 0.191. The molecule has 16 heavy (non-hydrogen) atoms. The van der Waals surface area contributed by atoms with Crippen molar-refractivity contribution in [2.75, 3.05) is 18.9 Å². The fourth-order valence-electron chi connectivity index (χ4n) is 1.26. The molecule has 0 saturated heterocycles. The Labute approximate surface area is 101 Å². The molecule has 0 aliphatic heterocycles. The Morgan fingerprint density at radius 2 is 2.19 bits per heavy atom. The van der Waals surface area contributed by atoms with Gasteiger partial charge in [-0.25, -0.2) is 9.97 Å². The molecule has 2 N–H and O–H groups in total. The van der Waals surface area contributed by atoms with Gasteiger partial charge in [-0.3, -0.25) is 0 Å². The summed E-state index contributed by atoms with van der Waals surface area (Å²) in [5, 5.41) is 13.2. The normalized spacial score (nSPS) is 12.6. The van der Waals surface area contributed by atoms with Gasteiger partial charge < -0.3 is 10.4 Å². The molecule has 90 valence electrons. The molecule has 0 bridgehead atoms. The number of hydrogen-bond acceptors (Lipinski definition) is 5. The zero-order chi connectivity index (χ0) is 11.6. The lowest BCUT2D eigenvalue weighted by atomic mass is 10.2. The van der Waals surface area contributed by atoms with Gasteiger partial charge in [-0.2, -0.15) is 0 Å². The maximum absolute atomic E-state index is 9.15. The summed E-state index contributed by atoms with van der Waals surface area (Å²) < 4.78 is 0.